The molecule has 1 atom stereocenters. The molecule has 0 spiro atoms. The van der Waals surface area contributed by atoms with Crippen LogP contribution in [-0.2, 0) is 16.0 Å². The Bertz CT molecular complexity index is 1300. The van der Waals surface area contributed by atoms with E-state index in [-0.39, 0.29) is 17.7 Å². The van der Waals surface area contributed by atoms with E-state index in [0.29, 0.717) is 34.7 Å². The number of hydrogen-bond donors (Lipinski definition) is 2. The van der Waals surface area contributed by atoms with Gasteiger partial charge in [0.25, 0.3) is 11.8 Å². The molecule has 0 radical (unpaired) electrons. The number of carbonyl (C=O) groups excluding carboxylic acids is 3. The monoisotopic (exact) mass is 505 g/mol. The lowest BCUT2D eigenvalue weighted by Crippen LogP contribution is -2.38. The number of carbonyl (C=O) groups is 3. The Hall–Kier alpha value is -3.78. The van der Waals surface area contributed by atoms with Crippen molar-refractivity contribution in [1.29, 1.82) is 0 Å². The summed E-state index contributed by atoms with van der Waals surface area (Å²) in [5.74, 6) is -0.109. The zero-order valence-corrected chi connectivity index (χ0v) is 21.9. The van der Waals surface area contributed by atoms with Crippen molar-refractivity contribution in [3.8, 4) is 5.75 Å². The van der Waals surface area contributed by atoms with E-state index in [1.807, 2.05) is 24.3 Å². The summed E-state index contributed by atoms with van der Waals surface area (Å²) in [6.07, 6.45) is 6.94. The molecule has 1 aliphatic heterocycles. The Morgan fingerprint density at radius 2 is 1.67 bits per heavy atom. The summed E-state index contributed by atoms with van der Waals surface area (Å²) in [6, 6.07) is 19.2. The summed E-state index contributed by atoms with van der Waals surface area (Å²) >= 11 is 0. The van der Waals surface area contributed by atoms with Crippen LogP contribution in [0.15, 0.2) is 71.6 Å². The highest BCUT2D eigenvalue weighted by molar-refractivity contribution is 8.32. The van der Waals surface area contributed by atoms with Crippen LogP contribution in [0.2, 0.25) is 0 Å². The molecule has 0 saturated carbocycles. The smallest absolute Gasteiger partial charge is 0.254 e. The molecule has 1 unspecified atom stereocenters. The van der Waals surface area contributed by atoms with Crippen molar-refractivity contribution in [1.82, 2.24) is 4.90 Å². The molecule has 188 valence electrons. The van der Waals surface area contributed by atoms with E-state index in [1.54, 1.807) is 56.6 Å². The molecule has 0 bridgehead atoms. The number of benzene rings is 3. The summed E-state index contributed by atoms with van der Waals surface area (Å²) in [6.45, 7) is 0. The van der Waals surface area contributed by atoms with Gasteiger partial charge in [-0.2, -0.15) is 0 Å². The van der Waals surface area contributed by atoms with E-state index in [1.165, 1.54) is 9.80 Å². The lowest BCUT2D eigenvalue weighted by atomic mass is 10.0. The Morgan fingerprint density at radius 1 is 1.00 bits per heavy atom. The Morgan fingerprint density at radius 3 is 2.28 bits per heavy atom. The van der Waals surface area contributed by atoms with Crippen molar-refractivity contribution in [3.05, 3.63) is 83.4 Å². The maximum atomic E-state index is 13.6. The van der Waals surface area contributed by atoms with Crippen LogP contribution in [0.1, 0.15) is 27.5 Å². The van der Waals surface area contributed by atoms with Crippen LogP contribution in [0.25, 0.3) is 0 Å². The number of likely N-dealkylation sites (N-methyl/N-ethyl adjacent to an activating group) is 1. The molecule has 0 fully saturated rings. The molecular weight excluding hydrogens is 474 g/mol. The highest BCUT2D eigenvalue weighted by Crippen LogP contribution is 2.45. The van der Waals surface area contributed by atoms with Crippen molar-refractivity contribution in [2.45, 2.75) is 17.4 Å². The average Bonchev–Trinajstić information content (AvgIpc) is 3.23. The van der Waals surface area contributed by atoms with Crippen LogP contribution >= 0.6 is 10.0 Å². The molecule has 0 aromatic heterocycles. The summed E-state index contributed by atoms with van der Waals surface area (Å²) < 4.78 is 5.26. The molecule has 0 saturated heterocycles. The molecule has 2 N–H and O–H groups in total. The van der Waals surface area contributed by atoms with E-state index in [9.17, 15) is 14.4 Å². The Labute approximate surface area is 213 Å². The molecule has 3 amide bonds. The van der Waals surface area contributed by atoms with Crippen LogP contribution in [-0.4, -0.2) is 55.5 Å². The molecule has 4 rings (SSSR count). The zero-order chi connectivity index (χ0) is 26.0. The second-order valence-electron chi connectivity index (χ2n) is 9.54. The predicted molar refractivity (Wildman–Crippen MR) is 145 cm³/mol. The molecule has 3 aromatic carbocycles. The number of nitrogens with one attached hydrogen (secondary N) is 2. The van der Waals surface area contributed by atoms with Gasteiger partial charge in [-0.1, -0.05) is 18.2 Å². The minimum Gasteiger partial charge on any atom is -0.497 e. The van der Waals surface area contributed by atoms with Crippen LogP contribution in [0.3, 0.4) is 0 Å². The van der Waals surface area contributed by atoms with Gasteiger partial charge in [0.05, 0.1) is 13.5 Å². The SMILES string of the molecule is COc1ccc(C(C(=O)Nc2ccc(S(C)(C)C)cc2)N(C)C(=O)c2ccc3c(c2)NC(=O)C3)cc1. The van der Waals surface area contributed by atoms with E-state index in [2.05, 4.69) is 29.4 Å². The average molecular weight is 506 g/mol. The minimum absolute atomic E-state index is 0.0995. The Balaban J connectivity index is 1.63. The maximum absolute atomic E-state index is 13.6. The van der Waals surface area contributed by atoms with Crippen LogP contribution in [0.4, 0.5) is 11.4 Å². The van der Waals surface area contributed by atoms with Gasteiger partial charge in [0.15, 0.2) is 0 Å². The fourth-order valence-electron chi connectivity index (χ4n) is 4.16. The second kappa shape index (κ2) is 10.1. The molecule has 36 heavy (non-hydrogen) atoms. The molecule has 0 aliphatic carbocycles. The number of hydrogen-bond acceptors (Lipinski definition) is 4. The van der Waals surface area contributed by atoms with Crippen molar-refractivity contribution in [2.24, 2.45) is 0 Å². The first-order valence-corrected chi connectivity index (χ1v) is 14.4. The van der Waals surface area contributed by atoms with Crippen LogP contribution in [0.5, 0.6) is 5.75 Å². The molecule has 3 aromatic rings. The second-order valence-corrected chi connectivity index (χ2v) is 13.7. The third-order valence-corrected chi connectivity index (χ3v) is 7.88. The summed E-state index contributed by atoms with van der Waals surface area (Å²) in [4.78, 5) is 41.4. The first-order valence-electron chi connectivity index (χ1n) is 11.5. The van der Waals surface area contributed by atoms with E-state index in [4.69, 9.17) is 4.74 Å². The largest absolute Gasteiger partial charge is 0.497 e. The third kappa shape index (κ3) is 5.39. The number of nitrogens with zero attached hydrogens (tertiary/aromatic N) is 1. The zero-order valence-electron chi connectivity index (χ0n) is 21.1. The highest BCUT2D eigenvalue weighted by atomic mass is 32.3. The summed E-state index contributed by atoms with van der Waals surface area (Å²) in [5.41, 5.74) is 3.18. The van der Waals surface area contributed by atoms with Crippen molar-refractivity contribution >= 4 is 39.1 Å². The molecular formula is C28H31N3O4S. The van der Waals surface area contributed by atoms with Gasteiger partial charge in [-0.25, -0.2) is 10.0 Å². The normalized spacial score (nSPS) is 13.9. The topological polar surface area (TPSA) is 87.7 Å². The number of amides is 3. The third-order valence-electron chi connectivity index (χ3n) is 6.20. The minimum atomic E-state index is -0.890. The van der Waals surface area contributed by atoms with Gasteiger partial charge < -0.3 is 20.3 Å². The van der Waals surface area contributed by atoms with Crippen molar-refractivity contribution in [2.75, 3.05) is 43.6 Å². The van der Waals surface area contributed by atoms with Gasteiger partial charge >= 0.3 is 0 Å². The summed E-state index contributed by atoms with van der Waals surface area (Å²) in [5, 5.41) is 5.75. The first kappa shape index (κ1) is 25.3. The number of fused-ring (bicyclic) bond motifs is 1. The van der Waals surface area contributed by atoms with Crippen molar-refractivity contribution < 1.29 is 19.1 Å². The van der Waals surface area contributed by atoms with E-state index in [0.717, 1.165) is 5.56 Å². The quantitative estimate of drug-likeness (QED) is 0.488. The van der Waals surface area contributed by atoms with Crippen LogP contribution in [0, 0.1) is 0 Å². The van der Waals surface area contributed by atoms with Gasteiger partial charge in [-0.3, -0.25) is 14.4 Å². The molecule has 1 aliphatic rings. The van der Waals surface area contributed by atoms with E-state index >= 15 is 0 Å². The fourth-order valence-corrected chi connectivity index (χ4v) is 5.12. The lowest BCUT2D eigenvalue weighted by molar-refractivity contribution is -0.120. The Kier molecular flexibility index (Phi) is 7.08. The van der Waals surface area contributed by atoms with Gasteiger partial charge in [0.2, 0.25) is 5.91 Å². The fraction of sp³-hybridized carbons (Fsp3) is 0.250. The standard InChI is InChI=1S/C28H31N3O4S/c1-31(28(34)20-7-6-19-17-25(32)30-24(19)16-20)26(18-8-12-22(35-2)13-9-18)27(33)29-21-10-14-23(15-11-21)36(3,4)5/h6-16,26H,17H2,1-5H3,(H,29,33)(H,30,32). The highest BCUT2D eigenvalue weighted by Gasteiger charge is 2.30. The number of anilines is 2. The first-order chi connectivity index (χ1) is 17.1. The van der Waals surface area contributed by atoms with E-state index < -0.39 is 16.1 Å². The number of methoxy groups -OCH3 is 1. The molecule has 7 nitrogen and oxygen atoms in total. The van der Waals surface area contributed by atoms with Gasteiger partial charge in [0.1, 0.15) is 11.8 Å². The molecule has 1 heterocycles. The lowest BCUT2D eigenvalue weighted by Gasteiger charge is -2.28. The maximum Gasteiger partial charge on any atom is 0.254 e. The van der Waals surface area contributed by atoms with Gasteiger partial charge in [0, 0.05) is 24.0 Å². The van der Waals surface area contributed by atoms with Gasteiger partial charge in [-0.05, 0) is 83.3 Å². The predicted octanol–water partition coefficient (Wildman–Crippen LogP) is 4.69. The number of ether oxygens (including phenoxy) is 1. The van der Waals surface area contributed by atoms with Crippen LogP contribution < -0.4 is 15.4 Å². The van der Waals surface area contributed by atoms with Crippen molar-refractivity contribution in [3.63, 3.8) is 0 Å². The number of rotatable bonds is 7. The van der Waals surface area contributed by atoms with Gasteiger partial charge in [-0.15, -0.1) is 0 Å². The summed E-state index contributed by atoms with van der Waals surface area (Å²) in [7, 11) is 2.30. The molecule has 8 heteroatoms.